The van der Waals surface area contributed by atoms with E-state index in [9.17, 15) is 19.5 Å². The maximum Gasteiger partial charge on any atom is 0.362 e. The van der Waals surface area contributed by atoms with Crippen molar-refractivity contribution in [1.29, 1.82) is 0 Å². The monoisotopic (exact) mass is 775 g/mol. The lowest BCUT2D eigenvalue weighted by atomic mass is 10.1. The first kappa shape index (κ1) is 51.5. The molecule has 8 nitrogen and oxygen atoms in total. The first-order valence-electron chi connectivity index (χ1n) is 20.4. The third-order valence-corrected chi connectivity index (χ3v) is 8.08. The molecule has 310 valence electrons. The van der Waals surface area contributed by atoms with Gasteiger partial charge in [0.15, 0.2) is 12.1 Å². The van der Waals surface area contributed by atoms with E-state index in [0.29, 0.717) is 19.3 Å². The summed E-state index contributed by atoms with van der Waals surface area (Å²) >= 11 is 0. The summed E-state index contributed by atoms with van der Waals surface area (Å²) in [5.74, 6) is -1.61. The van der Waals surface area contributed by atoms with Crippen molar-refractivity contribution in [2.45, 2.75) is 109 Å². The quantitative estimate of drug-likeness (QED) is 0.0307. The van der Waals surface area contributed by atoms with E-state index in [1.54, 1.807) is 0 Å². The van der Waals surface area contributed by atoms with Gasteiger partial charge in [-0.05, 0) is 51.4 Å². The Balaban J connectivity index is 4.62. The van der Waals surface area contributed by atoms with Crippen LogP contribution in [0, 0.1) is 0 Å². The highest BCUT2D eigenvalue weighted by Gasteiger charge is 2.31. The number of carbonyl (C=O) groups is 3. The second-order valence-electron chi connectivity index (χ2n) is 14.1. The van der Waals surface area contributed by atoms with Gasteiger partial charge in [-0.3, -0.25) is 9.59 Å². The number of rotatable bonds is 33. The predicted octanol–water partition coefficient (Wildman–Crippen LogP) is 10.8. The third kappa shape index (κ3) is 35.2. The predicted molar refractivity (Wildman–Crippen MR) is 233 cm³/mol. The van der Waals surface area contributed by atoms with E-state index in [1.807, 2.05) is 131 Å². The van der Waals surface area contributed by atoms with E-state index in [-0.39, 0.29) is 49.1 Å². The van der Waals surface area contributed by atoms with Gasteiger partial charge in [0.25, 0.3) is 0 Å². The first-order chi connectivity index (χ1) is 27.1. The average molecular weight is 775 g/mol. The van der Waals surface area contributed by atoms with Crippen LogP contribution in [0.5, 0.6) is 0 Å². The van der Waals surface area contributed by atoms with Crippen molar-refractivity contribution >= 4 is 17.9 Å². The zero-order valence-corrected chi connectivity index (χ0v) is 35.0. The Hall–Kier alpha value is -4.53. The van der Waals surface area contributed by atoms with Gasteiger partial charge < -0.3 is 23.8 Å². The molecule has 0 spiro atoms. The molecule has 56 heavy (non-hydrogen) atoms. The fourth-order valence-electron chi connectivity index (χ4n) is 4.96. The van der Waals surface area contributed by atoms with Crippen LogP contribution in [0.4, 0.5) is 0 Å². The number of nitrogens with zero attached hydrogens (tertiary/aromatic N) is 1. The van der Waals surface area contributed by atoms with E-state index in [0.717, 1.165) is 51.4 Å². The number of carboxylic acid groups (broad SMARTS) is 1. The highest BCUT2D eigenvalue weighted by atomic mass is 16.6. The molecule has 0 heterocycles. The lowest BCUT2D eigenvalue weighted by molar-refractivity contribution is -0.887. The van der Waals surface area contributed by atoms with Crippen LogP contribution in [0.2, 0.25) is 0 Å². The minimum absolute atomic E-state index is 0.0174. The van der Waals surface area contributed by atoms with E-state index in [1.165, 1.54) is 0 Å². The summed E-state index contributed by atoms with van der Waals surface area (Å²) in [5, 5.41) is 9.60. The lowest BCUT2D eigenvalue weighted by Crippen LogP contribution is -2.50. The van der Waals surface area contributed by atoms with E-state index in [2.05, 4.69) is 38.2 Å². The molecule has 0 aromatic rings. The maximum absolute atomic E-state index is 12.7. The number of esters is 2. The molecule has 0 aliphatic carbocycles. The van der Waals surface area contributed by atoms with Gasteiger partial charge in [-0.15, -0.1) is 0 Å². The standard InChI is InChI=1S/C48H71NO7/c1-6-8-10-12-14-16-18-20-22-23-25-27-29-31-33-35-37-39-47(51)56-44(42-54-41-40-45(48(52)53)49(3,4)5)43-55-46(50)38-36-34-32-30-28-26-24-21-19-17-15-13-11-9-7-2/h8-29,44-45H,6-7,30-43H2,1-5H3/p+1/b10-8+,11-9+,14-12+,15-13+,18-16+,19-17+,22-20+,24-21+,25-23+,28-26+,29-27+. The van der Waals surface area contributed by atoms with E-state index >= 15 is 0 Å². The molecule has 0 aromatic carbocycles. The summed E-state index contributed by atoms with van der Waals surface area (Å²) in [6.45, 7) is 4.30. The molecule has 0 fully saturated rings. The molecule has 1 N–H and O–H groups in total. The highest BCUT2D eigenvalue weighted by molar-refractivity contribution is 5.72. The van der Waals surface area contributed by atoms with Crippen LogP contribution in [0.1, 0.15) is 97.3 Å². The number of unbranched alkanes of at least 4 members (excludes halogenated alkanes) is 6. The molecular weight excluding hydrogens is 703 g/mol. The summed E-state index contributed by atoms with van der Waals surface area (Å²) in [7, 11) is 5.47. The highest BCUT2D eigenvalue weighted by Crippen LogP contribution is 2.11. The van der Waals surface area contributed by atoms with Crippen molar-refractivity contribution in [2.24, 2.45) is 0 Å². The molecule has 0 aliphatic heterocycles. The van der Waals surface area contributed by atoms with Gasteiger partial charge >= 0.3 is 17.9 Å². The molecule has 0 radical (unpaired) electrons. The number of quaternary nitrogens is 1. The Bertz CT molecular complexity index is 1370. The molecule has 0 rings (SSSR count). The molecule has 0 bridgehead atoms. The number of aliphatic carboxylic acids is 1. The summed E-state index contributed by atoms with van der Waals surface area (Å²) in [4.78, 5) is 36.9. The van der Waals surface area contributed by atoms with Crippen LogP contribution in [0.25, 0.3) is 0 Å². The number of carbonyl (C=O) groups excluding carboxylic acids is 2. The Kier molecular flexibility index (Phi) is 34.4. The van der Waals surface area contributed by atoms with Crippen molar-refractivity contribution < 1.29 is 38.2 Å². The van der Waals surface area contributed by atoms with E-state index in [4.69, 9.17) is 14.2 Å². The van der Waals surface area contributed by atoms with Crippen LogP contribution in [0.15, 0.2) is 134 Å². The molecule has 0 amide bonds. The number of likely N-dealkylation sites (N-methyl/N-ethyl adjacent to an activating group) is 1. The Labute approximate surface area is 339 Å². The van der Waals surface area contributed by atoms with Gasteiger partial charge in [-0.25, -0.2) is 4.79 Å². The molecule has 8 heteroatoms. The second kappa shape index (κ2) is 37.4. The Morgan fingerprint density at radius 3 is 1.36 bits per heavy atom. The van der Waals surface area contributed by atoms with Gasteiger partial charge in [-0.2, -0.15) is 0 Å². The number of carboxylic acids is 1. The van der Waals surface area contributed by atoms with Gasteiger partial charge in [0.2, 0.25) is 0 Å². The molecule has 2 atom stereocenters. The first-order valence-corrected chi connectivity index (χ1v) is 20.4. The molecule has 0 aromatic heterocycles. The molecule has 0 aliphatic rings. The topological polar surface area (TPSA) is 99.1 Å². The Morgan fingerprint density at radius 2 is 0.946 bits per heavy atom. The minimum atomic E-state index is -0.898. The Morgan fingerprint density at radius 1 is 0.536 bits per heavy atom. The SMILES string of the molecule is CC/C=C/C=C/C=C/C=C/C=C/C=C/CCCCCC(=O)OC(COCCC(C(=O)O)[N+](C)(C)C)COC(=O)CCCCC/C=C/C=C/C=C/C=C/C=C/CC. The zero-order chi connectivity index (χ0) is 41.4. The zero-order valence-electron chi connectivity index (χ0n) is 35.0. The van der Waals surface area contributed by atoms with Gasteiger partial charge in [-0.1, -0.05) is 160 Å². The van der Waals surface area contributed by atoms with Crippen LogP contribution in [-0.4, -0.2) is 80.6 Å². The van der Waals surface area contributed by atoms with Gasteiger partial charge in [0.1, 0.15) is 6.61 Å². The van der Waals surface area contributed by atoms with Crippen LogP contribution in [0.3, 0.4) is 0 Å². The van der Waals surface area contributed by atoms with Crippen molar-refractivity contribution in [3.05, 3.63) is 134 Å². The van der Waals surface area contributed by atoms with Gasteiger partial charge in [0, 0.05) is 19.3 Å². The van der Waals surface area contributed by atoms with Crippen LogP contribution in [-0.2, 0) is 28.6 Å². The fraction of sp³-hybridized carbons (Fsp3) is 0.479. The smallest absolute Gasteiger partial charge is 0.362 e. The minimum Gasteiger partial charge on any atom is -0.477 e. The molecule has 0 saturated heterocycles. The maximum atomic E-state index is 12.7. The van der Waals surface area contributed by atoms with Crippen molar-refractivity contribution in [3.63, 3.8) is 0 Å². The van der Waals surface area contributed by atoms with Gasteiger partial charge in [0.05, 0.1) is 34.4 Å². The van der Waals surface area contributed by atoms with Crippen molar-refractivity contribution in [2.75, 3.05) is 41.0 Å². The number of ether oxygens (including phenoxy) is 3. The number of hydrogen-bond donors (Lipinski definition) is 1. The number of allylic oxidation sites excluding steroid dienone is 22. The lowest BCUT2D eigenvalue weighted by Gasteiger charge is -2.31. The third-order valence-electron chi connectivity index (χ3n) is 8.08. The van der Waals surface area contributed by atoms with E-state index < -0.39 is 18.1 Å². The second-order valence-corrected chi connectivity index (χ2v) is 14.1. The summed E-state index contributed by atoms with van der Waals surface area (Å²) < 4.78 is 17.1. The summed E-state index contributed by atoms with van der Waals surface area (Å²) in [5.41, 5.74) is 0. The molecule has 2 unspecified atom stereocenters. The van der Waals surface area contributed by atoms with Crippen LogP contribution >= 0.6 is 0 Å². The van der Waals surface area contributed by atoms with Crippen molar-refractivity contribution in [3.8, 4) is 0 Å². The van der Waals surface area contributed by atoms with Crippen molar-refractivity contribution in [1.82, 2.24) is 0 Å². The summed E-state index contributed by atoms with van der Waals surface area (Å²) in [6, 6.07) is -0.639. The summed E-state index contributed by atoms with van der Waals surface area (Å²) in [6.07, 6.45) is 53.5. The largest absolute Gasteiger partial charge is 0.477 e. The molecule has 0 saturated carbocycles. The van der Waals surface area contributed by atoms with Crippen LogP contribution < -0.4 is 0 Å². The normalized spacial score (nSPS) is 14.4. The fourth-order valence-corrected chi connectivity index (χ4v) is 4.96. The molecular formula is C48H72NO7+. The number of hydrogen-bond acceptors (Lipinski definition) is 6. The average Bonchev–Trinajstić information content (AvgIpc) is 3.15.